The van der Waals surface area contributed by atoms with Crippen molar-refractivity contribution in [2.24, 2.45) is 0 Å². The smallest absolute Gasteiger partial charge is 0 e. The van der Waals surface area contributed by atoms with Crippen LogP contribution in [0.25, 0.3) is 0 Å². The zero-order valence-electron chi connectivity index (χ0n) is 4.89. The van der Waals surface area contributed by atoms with Crippen LogP contribution in [0.3, 0.4) is 0 Å². The van der Waals surface area contributed by atoms with Gasteiger partial charge in [-0.2, -0.15) is 0 Å². The fourth-order valence-electron chi connectivity index (χ4n) is 0. The molecule has 0 aromatic carbocycles. The summed E-state index contributed by atoms with van der Waals surface area (Å²) in [5, 5.41) is 0. The zero-order valence-corrected chi connectivity index (χ0v) is 13.4. The molecule has 0 bridgehead atoms. The maximum atomic E-state index is 4.72. The number of rotatable bonds is 0. The molecule has 3 radical (unpaired) electrons. The van der Waals surface area contributed by atoms with Gasteiger partial charge in [0.05, 0.1) is 0 Å². The van der Waals surface area contributed by atoms with E-state index in [-0.39, 0.29) is 106 Å². The van der Waals surface area contributed by atoms with E-state index in [9.17, 15) is 0 Å². The first-order chi connectivity index (χ1) is 1.41. The molecule has 0 saturated heterocycles. The zero-order chi connectivity index (χ0) is 2.71. The standard InChI is InChI=1S/C3H5.CH3.3Y/c1-3-2;;;;/h1,3H,2H3;1H3;;;/q2*-1;;;. The van der Waals surface area contributed by atoms with Crippen LogP contribution in [0.15, 0.2) is 6.08 Å². The summed E-state index contributed by atoms with van der Waals surface area (Å²) in [6, 6.07) is 0. The second kappa shape index (κ2) is 35.7. The molecule has 0 aromatic heterocycles. The summed E-state index contributed by atoms with van der Waals surface area (Å²) in [5.41, 5.74) is 0. The third-order valence-corrected chi connectivity index (χ3v) is 0. The van der Waals surface area contributed by atoms with E-state index in [4.69, 9.17) is 6.58 Å². The molecular weight excluding hydrogens is 315 g/mol. The molecule has 0 fully saturated rings. The average Bonchev–Trinajstić information content (AvgIpc) is 0.918. The second-order valence-electron chi connectivity index (χ2n) is 0.333. The monoisotopic (exact) mass is 323 g/mol. The summed E-state index contributed by atoms with van der Waals surface area (Å²) in [7, 11) is 0. The number of hydrogen-bond acceptors (Lipinski definition) is 0. The minimum atomic E-state index is 0. The molecule has 0 unspecified atom stereocenters. The molecule has 0 aromatic rings. The van der Waals surface area contributed by atoms with Gasteiger partial charge < -0.3 is 14.0 Å². The van der Waals surface area contributed by atoms with Gasteiger partial charge in [-0.05, 0) is 0 Å². The van der Waals surface area contributed by atoms with Crippen LogP contribution in [0.5, 0.6) is 0 Å². The summed E-state index contributed by atoms with van der Waals surface area (Å²) in [6.07, 6.45) is 1.50. The van der Waals surface area contributed by atoms with E-state index in [0.29, 0.717) is 0 Å². The number of hydrogen-bond donors (Lipinski definition) is 0. The van der Waals surface area contributed by atoms with Crippen LogP contribution in [0.2, 0.25) is 0 Å². The third kappa shape index (κ3) is 48.3. The Bertz CT molecular complexity index is 14.4. The summed E-state index contributed by atoms with van der Waals surface area (Å²) in [4.78, 5) is 0. The van der Waals surface area contributed by atoms with Gasteiger partial charge in [-0.25, -0.2) is 0 Å². The SMILES string of the molecule is [CH-]=CC.[CH3-].[Y].[Y].[Y]. The van der Waals surface area contributed by atoms with Gasteiger partial charge in [-0.1, -0.05) is 6.92 Å². The normalized spacial score (nSPS) is 1.86. The molecule has 0 N–H and O–H groups in total. The Kier molecular flexibility index (Phi) is 165. The van der Waals surface area contributed by atoms with E-state index in [0.717, 1.165) is 0 Å². The van der Waals surface area contributed by atoms with Crippen LogP contribution >= 0.6 is 0 Å². The Morgan fingerprint density at radius 2 is 1.14 bits per heavy atom. The molecular formula is C4H8Y3-2. The molecule has 0 aliphatic heterocycles. The van der Waals surface area contributed by atoms with Gasteiger partial charge in [0.15, 0.2) is 0 Å². The van der Waals surface area contributed by atoms with Crippen molar-refractivity contribution in [1.82, 2.24) is 0 Å². The fraction of sp³-hybridized carbons (Fsp3) is 0.250. The quantitative estimate of drug-likeness (QED) is 0.592. The molecule has 0 atom stereocenters. The van der Waals surface area contributed by atoms with Crippen LogP contribution in [-0.2, 0) is 98.1 Å². The van der Waals surface area contributed by atoms with E-state index in [1.165, 1.54) is 6.08 Å². The van der Waals surface area contributed by atoms with Gasteiger partial charge in [0.25, 0.3) is 0 Å². The molecule has 0 saturated carbocycles. The van der Waals surface area contributed by atoms with E-state index < -0.39 is 0 Å². The maximum absolute atomic E-state index is 4.72. The average molecular weight is 323 g/mol. The third-order valence-electron chi connectivity index (χ3n) is 0. The molecule has 7 heavy (non-hydrogen) atoms. The molecule has 0 heterocycles. The van der Waals surface area contributed by atoms with Crippen molar-refractivity contribution in [3.63, 3.8) is 0 Å². The van der Waals surface area contributed by atoms with Crippen LogP contribution in [-0.4, -0.2) is 0 Å². The van der Waals surface area contributed by atoms with Gasteiger partial charge in [0.2, 0.25) is 0 Å². The second-order valence-corrected chi connectivity index (χ2v) is 0.333. The van der Waals surface area contributed by atoms with E-state index in [1.807, 2.05) is 0 Å². The summed E-state index contributed by atoms with van der Waals surface area (Å²) in [5.74, 6) is 0. The molecule has 0 aliphatic carbocycles. The fourth-order valence-corrected chi connectivity index (χ4v) is 0. The Balaban J connectivity index is -0.00000000333. The molecule has 0 rings (SSSR count). The first kappa shape index (κ1) is 32.3. The first-order valence-electron chi connectivity index (χ1n) is 0.911. The van der Waals surface area contributed by atoms with Crippen LogP contribution in [0.1, 0.15) is 6.92 Å². The molecule has 0 aliphatic rings. The Hall–Kier alpha value is 3.05. The number of allylic oxidation sites excluding steroid dienone is 1. The van der Waals surface area contributed by atoms with Gasteiger partial charge in [-0.15, -0.1) is 0 Å². The molecule has 0 spiro atoms. The van der Waals surface area contributed by atoms with Crippen molar-refractivity contribution in [3.05, 3.63) is 20.1 Å². The summed E-state index contributed by atoms with van der Waals surface area (Å²) < 4.78 is 0. The molecule has 0 amide bonds. The van der Waals surface area contributed by atoms with Gasteiger partial charge in [-0.3, -0.25) is 6.08 Å². The molecule has 35 valence electrons. The predicted molar refractivity (Wildman–Crippen MR) is 21.0 cm³/mol. The van der Waals surface area contributed by atoms with Crippen molar-refractivity contribution in [2.75, 3.05) is 0 Å². The summed E-state index contributed by atoms with van der Waals surface area (Å²) in [6.45, 7) is 6.50. The van der Waals surface area contributed by atoms with Crippen molar-refractivity contribution in [3.8, 4) is 0 Å². The van der Waals surface area contributed by atoms with Crippen LogP contribution < -0.4 is 0 Å². The Labute approximate surface area is 122 Å². The van der Waals surface area contributed by atoms with Crippen molar-refractivity contribution in [2.45, 2.75) is 6.92 Å². The van der Waals surface area contributed by atoms with Crippen molar-refractivity contribution in [1.29, 1.82) is 0 Å². The minimum absolute atomic E-state index is 0. The van der Waals surface area contributed by atoms with E-state index in [1.54, 1.807) is 6.92 Å². The van der Waals surface area contributed by atoms with E-state index >= 15 is 0 Å². The molecule has 3 heteroatoms. The Morgan fingerprint density at radius 1 is 1.14 bits per heavy atom. The minimum Gasteiger partial charge on any atom is -0.518 e. The van der Waals surface area contributed by atoms with Crippen molar-refractivity contribution >= 4 is 0 Å². The van der Waals surface area contributed by atoms with E-state index in [2.05, 4.69) is 0 Å². The van der Waals surface area contributed by atoms with Gasteiger partial charge in [0.1, 0.15) is 0 Å². The van der Waals surface area contributed by atoms with Gasteiger partial charge in [0, 0.05) is 98.1 Å². The van der Waals surface area contributed by atoms with Gasteiger partial charge >= 0.3 is 0 Å². The topological polar surface area (TPSA) is 0 Å². The molecule has 0 nitrogen and oxygen atoms in total. The largest absolute Gasteiger partial charge is 0.518 e. The summed E-state index contributed by atoms with van der Waals surface area (Å²) >= 11 is 0. The first-order valence-corrected chi connectivity index (χ1v) is 0.911. The van der Waals surface area contributed by atoms with Crippen LogP contribution in [0, 0.1) is 14.0 Å². The predicted octanol–water partition coefficient (Wildman–Crippen LogP) is 1.44. The van der Waals surface area contributed by atoms with Crippen LogP contribution in [0.4, 0.5) is 0 Å². The Morgan fingerprint density at radius 3 is 1.14 bits per heavy atom. The maximum Gasteiger partial charge on any atom is 0 e. The van der Waals surface area contributed by atoms with Crippen molar-refractivity contribution < 1.29 is 98.1 Å².